The minimum atomic E-state index is 0.0701. The number of carbonyl (C=O) groups excluding carboxylic acids is 1. The van der Waals surface area contributed by atoms with Crippen LogP contribution >= 0.6 is 0 Å². The number of aromatic nitrogens is 3. The van der Waals surface area contributed by atoms with Crippen molar-refractivity contribution in [2.75, 3.05) is 0 Å². The van der Waals surface area contributed by atoms with E-state index in [-0.39, 0.29) is 5.41 Å². The van der Waals surface area contributed by atoms with Gasteiger partial charge in [0.05, 0.1) is 6.33 Å². The number of carbonyl (C=O) groups is 1. The molecule has 106 valence electrons. The zero-order valence-corrected chi connectivity index (χ0v) is 12.4. The summed E-state index contributed by atoms with van der Waals surface area (Å²) >= 11 is 0. The maximum absolute atomic E-state index is 12.3. The molecule has 0 unspecified atom stereocenters. The van der Waals surface area contributed by atoms with Crippen LogP contribution in [0.25, 0.3) is 0 Å². The van der Waals surface area contributed by atoms with E-state index in [1.165, 1.54) is 11.4 Å². The molecule has 1 aliphatic carbocycles. The van der Waals surface area contributed by atoms with Crippen molar-refractivity contribution in [3.63, 3.8) is 0 Å². The number of ketones is 1. The van der Waals surface area contributed by atoms with Crippen LogP contribution in [0, 0.1) is 12.3 Å². The Labute approximate surface area is 119 Å². The van der Waals surface area contributed by atoms with Crippen LogP contribution in [0.3, 0.4) is 0 Å². The third-order valence-corrected chi connectivity index (χ3v) is 4.16. The van der Waals surface area contributed by atoms with Gasteiger partial charge in [-0.3, -0.25) is 4.79 Å². The number of H-pyrrole nitrogens is 1. The highest BCUT2D eigenvalue weighted by atomic mass is 16.1. The number of imidazole rings is 1. The van der Waals surface area contributed by atoms with Gasteiger partial charge in [-0.05, 0) is 24.8 Å². The Hall–Kier alpha value is -1.84. The largest absolute Gasteiger partial charge is 0.348 e. The van der Waals surface area contributed by atoms with E-state index in [0.717, 1.165) is 30.6 Å². The average molecular weight is 271 g/mol. The van der Waals surface area contributed by atoms with Crippen LogP contribution in [0.4, 0.5) is 0 Å². The SMILES string of the molecule is Cc1cc2c(n1CCc1cnc[nH]1)CC(C)(C)CC2=O. The van der Waals surface area contributed by atoms with Crippen molar-refractivity contribution in [1.82, 2.24) is 14.5 Å². The van der Waals surface area contributed by atoms with E-state index in [4.69, 9.17) is 0 Å². The molecule has 0 bridgehead atoms. The maximum Gasteiger partial charge on any atom is 0.165 e. The Morgan fingerprint density at radius 2 is 2.20 bits per heavy atom. The molecule has 0 saturated carbocycles. The number of aromatic amines is 1. The maximum atomic E-state index is 12.3. The van der Waals surface area contributed by atoms with Gasteiger partial charge in [0.25, 0.3) is 0 Å². The number of fused-ring (bicyclic) bond motifs is 1. The van der Waals surface area contributed by atoms with Gasteiger partial charge >= 0.3 is 0 Å². The minimum Gasteiger partial charge on any atom is -0.348 e. The molecule has 2 aromatic rings. The fourth-order valence-electron chi connectivity index (χ4n) is 3.17. The Morgan fingerprint density at radius 1 is 1.40 bits per heavy atom. The summed E-state index contributed by atoms with van der Waals surface area (Å²) in [5.74, 6) is 0.291. The highest BCUT2D eigenvalue weighted by Crippen LogP contribution is 2.36. The first-order chi connectivity index (χ1) is 9.46. The van der Waals surface area contributed by atoms with E-state index in [9.17, 15) is 4.79 Å². The molecule has 0 radical (unpaired) electrons. The van der Waals surface area contributed by atoms with Crippen LogP contribution in [0.15, 0.2) is 18.6 Å². The van der Waals surface area contributed by atoms with E-state index in [2.05, 4.69) is 41.4 Å². The highest BCUT2D eigenvalue weighted by Gasteiger charge is 2.33. The Bertz CT molecular complexity index is 635. The zero-order chi connectivity index (χ0) is 14.3. The van der Waals surface area contributed by atoms with E-state index in [1.807, 2.05) is 6.20 Å². The predicted octanol–water partition coefficient (Wildman–Crippen LogP) is 2.92. The van der Waals surface area contributed by atoms with Crippen LogP contribution < -0.4 is 0 Å². The van der Waals surface area contributed by atoms with Gasteiger partial charge in [-0.25, -0.2) is 4.98 Å². The fourth-order valence-corrected chi connectivity index (χ4v) is 3.17. The molecule has 4 nitrogen and oxygen atoms in total. The van der Waals surface area contributed by atoms with Gasteiger partial charge in [-0.1, -0.05) is 13.8 Å². The van der Waals surface area contributed by atoms with Gasteiger partial charge in [0.1, 0.15) is 0 Å². The Balaban J connectivity index is 1.90. The molecule has 0 amide bonds. The molecule has 2 heterocycles. The summed E-state index contributed by atoms with van der Waals surface area (Å²) < 4.78 is 2.30. The topological polar surface area (TPSA) is 50.7 Å². The number of hydrogen-bond donors (Lipinski definition) is 1. The van der Waals surface area contributed by atoms with E-state index in [1.54, 1.807) is 6.33 Å². The normalized spacial score (nSPS) is 17.2. The van der Waals surface area contributed by atoms with E-state index >= 15 is 0 Å². The van der Waals surface area contributed by atoms with Crippen molar-refractivity contribution in [2.45, 2.75) is 46.6 Å². The number of rotatable bonds is 3. The van der Waals surface area contributed by atoms with Crippen molar-refractivity contribution in [1.29, 1.82) is 0 Å². The average Bonchev–Trinajstić information content (AvgIpc) is 2.94. The number of hydrogen-bond acceptors (Lipinski definition) is 2. The summed E-state index contributed by atoms with van der Waals surface area (Å²) in [6.45, 7) is 7.34. The molecule has 20 heavy (non-hydrogen) atoms. The third kappa shape index (κ3) is 2.30. The van der Waals surface area contributed by atoms with Gasteiger partial charge in [0.2, 0.25) is 0 Å². The number of nitrogens with zero attached hydrogens (tertiary/aromatic N) is 2. The Kier molecular flexibility index (Phi) is 3.04. The van der Waals surface area contributed by atoms with Crippen molar-refractivity contribution in [3.05, 3.63) is 41.2 Å². The van der Waals surface area contributed by atoms with Crippen LogP contribution in [-0.2, 0) is 19.4 Å². The molecule has 2 aromatic heterocycles. The molecule has 3 rings (SSSR count). The van der Waals surface area contributed by atoms with Crippen molar-refractivity contribution in [2.24, 2.45) is 5.41 Å². The molecular weight excluding hydrogens is 250 g/mol. The van der Waals surface area contributed by atoms with Crippen molar-refractivity contribution < 1.29 is 4.79 Å². The molecule has 0 spiro atoms. The number of Topliss-reactive ketones (excluding diaryl/α,β-unsaturated/α-hetero) is 1. The fraction of sp³-hybridized carbons (Fsp3) is 0.500. The van der Waals surface area contributed by atoms with Crippen LogP contribution in [0.1, 0.15) is 47.7 Å². The summed E-state index contributed by atoms with van der Waals surface area (Å²) in [6.07, 6.45) is 6.12. The first kappa shape index (κ1) is 13.2. The molecule has 0 fully saturated rings. The summed E-state index contributed by atoms with van der Waals surface area (Å²) in [5, 5.41) is 0. The lowest BCUT2D eigenvalue weighted by atomic mass is 9.76. The van der Waals surface area contributed by atoms with Crippen LogP contribution in [-0.4, -0.2) is 20.3 Å². The van der Waals surface area contributed by atoms with Gasteiger partial charge < -0.3 is 9.55 Å². The quantitative estimate of drug-likeness (QED) is 0.933. The molecule has 1 aliphatic rings. The van der Waals surface area contributed by atoms with E-state index in [0.29, 0.717) is 12.2 Å². The molecule has 0 aromatic carbocycles. The molecule has 0 aliphatic heterocycles. The van der Waals surface area contributed by atoms with Crippen LogP contribution in [0.5, 0.6) is 0 Å². The van der Waals surface area contributed by atoms with E-state index < -0.39 is 0 Å². The molecule has 0 saturated heterocycles. The molecule has 0 atom stereocenters. The Morgan fingerprint density at radius 3 is 2.90 bits per heavy atom. The zero-order valence-electron chi connectivity index (χ0n) is 12.4. The summed E-state index contributed by atoms with van der Waals surface area (Å²) in [4.78, 5) is 19.5. The molecular formula is C16H21N3O. The standard InChI is InChI=1S/C16H21N3O/c1-11-6-13-14(7-16(2,3)8-15(13)20)19(11)5-4-12-9-17-10-18-12/h6,9-10H,4-5,7-8H2,1-3H3,(H,17,18). The predicted molar refractivity (Wildman–Crippen MR) is 77.9 cm³/mol. The lowest BCUT2D eigenvalue weighted by Crippen LogP contribution is -2.28. The second kappa shape index (κ2) is 4.62. The van der Waals surface area contributed by atoms with Gasteiger partial charge in [-0.2, -0.15) is 0 Å². The smallest absolute Gasteiger partial charge is 0.165 e. The summed E-state index contributed by atoms with van der Waals surface area (Å²) in [6, 6.07) is 2.06. The van der Waals surface area contributed by atoms with Gasteiger partial charge in [0.15, 0.2) is 5.78 Å². The van der Waals surface area contributed by atoms with Crippen molar-refractivity contribution in [3.8, 4) is 0 Å². The van der Waals surface area contributed by atoms with Gasteiger partial charge in [0, 0.05) is 48.2 Å². The first-order valence-corrected chi connectivity index (χ1v) is 7.16. The number of aryl methyl sites for hydroxylation is 2. The first-order valence-electron chi connectivity index (χ1n) is 7.16. The van der Waals surface area contributed by atoms with Crippen LogP contribution in [0.2, 0.25) is 0 Å². The van der Waals surface area contributed by atoms with Crippen molar-refractivity contribution >= 4 is 5.78 Å². The lowest BCUT2D eigenvalue weighted by molar-refractivity contribution is 0.0910. The lowest BCUT2D eigenvalue weighted by Gasteiger charge is -2.29. The molecule has 1 N–H and O–H groups in total. The monoisotopic (exact) mass is 271 g/mol. The summed E-state index contributed by atoms with van der Waals surface area (Å²) in [5.41, 5.74) is 4.53. The second-order valence-electron chi connectivity index (χ2n) is 6.57. The summed E-state index contributed by atoms with van der Waals surface area (Å²) in [7, 11) is 0. The van der Waals surface area contributed by atoms with Gasteiger partial charge in [-0.15, -0.1) is 0 Å². The second-order valence-corrected chi connectivity index (χ2v) is 6.57. The number of nitrogens with one attached hydrogen (secondary N) is 1. The molecule has 4 heteroatoms. The highest BCUT2D eigenvalue weighted by molar-refractivity contribution is 5.99. The third-order valence-electron chi connectivity index (χ3n) is 4.16. The minimum absolute atomic E-state index is 0.0701.